The minimum atomic E-state index is 0.166. The summed E-state index contributed by atoms with van der Waals surface area (Å²) in [5, 5.41) is 2.00. The summed E-state index contributed by atoms with van der Waals surface area (Å²) in [6.07, 6.45) is 4.00. The zero-order valence-electron chi connectivity index (χ0n) is 12.9. The number of carbonyl (C=O) groups is 1. The van der Waals surface area contributed by atoms with Gasteiger partial charge in [-0.15, -0.1) is 11.3 Å². The van der Waals surface area contributed by atoms with Crippen LogP contribution in [0.2, 0.25) is 0 Å². The molecular formula is C17H21N3OS. The van der Waals surface area contributed by atoms with Crippen molar-refractivity contribution in [3.8, 4) is 0 Å². The Balaban J connectivity index is 1.59. The molecule has 1 saturated heterocycles. The van der Waals surface area contributed by atoms with E-state index < -0.39 is 0 Å². The lowest BCUT2D eigenvalue weighted by Crippen LogP contribution is -2.49. The molecule has 1 aliphatic heterocycles. The van der Waals surface area contributed by atoms with E-state index in [2.05, 4.69) is 22.9 Å². The van der Waals surface area contributed by atoms with E-state index in [4.69, 9.17) is 0 Å². The number of pyridine rings is 1. The Kier molecular flexibility index (Phi) is 4.73. The topological polar surface area (TPSA) is 36.4 Å². The largest absolute Gasteiger partial charge is 0.353 e. The quantitative estimate of drug-likeness (QED) is 0.870. The van der Waals surface area contributed by atoms with Crippen molar-refractivity contribution in [2.24, 2.45) is 0 Å². The van der Waals surface area contributed by atoms with Crippen LogP contribution in [0.1, 0.15) is 28.6 Å². The first-order valence-electron chi connectivity index (χ1n) is 7.80. The summed E-state index contributed by atoms with van der Waals surface area (Å²) in [4.78, 5) is 22.4. The van der Waals surface area contributed by atoms with E-state index in [1.165, 1.54) is 4.88 Å². The average molecular weight is 315 g/mol. The maximum atomic E-state index is 12.6. The lowest BCUT2D eigenvalue weighted by Gasteiger charge is -2.35. The Morgan fingerprint density at radius 2 is 2.09 bits per heavy atom. The monoisotopic (exact) mass is 315 g/mol. The van der Waals surface area contributed by atoms with Crippen LogP contribution in [0.5, 0.6) is 0 Å². The van der Waals surface area contributed by atoms with Gasteiger partial charge >= 0.3 is 0 Å². The molecule has 2 aromatic heterocycles. The number of nitrogens with zero attached hydrogens (tertiary/aromatic N) is 3. The normalized spacial score (nSPS) is 15.1. The van der Waals surface area contributed by atoms with Gasteiger partial charge in [0.1, 0.15) is 5.82 Å². The Labute approximate surface area is 135 Å². The lowest BCUT2D eigenvalue weighted by atomic mass is 10.2. The van der Waals surface area contributed by atoms with Gasteiger partial charge in [-0.2, -0.15) is 0 Å². The molecule has 1 fully saturated rings. The number of aromatic nitrogens is 1. The summed E-state index contributed by atoms with van der Waals surface area (Å²) in [7, 11) is 0. The molecule has 0 radical (unpaired) electrons. The van der Waals surface area contributed by atoms with Crippen molar-refractivity contribution in [2.45, 2.75) is 19.8 Å². The lowest BCUT2D eigenvalue weighted by molar-refractivity contribution is 0.0747. The minimum absolute atomic E-state index is 0.166. The molecule has 0 saturated carbocycles. The number of rotatable bonds is 4. The van der Waals surface area contributed by atoms with Crippen LogP contribution < -0.4 is 4.90 Å². The van der Waals surface area contributed by atoms with Gasteiger partial charge in [-0.05, 0) is 24.6 Å². The molecule has 5 heteroatoms. The van der Waals surface area contributed by atoms with Crippen LogP contribution >= 0.6 is 11.3 Å². The standard InChI is InChI=1S/C17H21N3OS/c1-2-5-15-12-14(13-22-15)17(21)20-10-8-19(9-11-20)16-6-3-4-7-18-16/h3-4,6-7,12-13H,2,5,8-11H2,1H3. The third-order valence-electron chi connectivity index (χ3n) is 3.94. The second-order valence-corrected chi connectivity index (χ2v) is 6.51. The molecule has 0 N–H and O–H groups in total. The highest BCUT2D eigenvalue weighted by molar-refractivity contribution is 7.10. The summed E-state index contributed by atoms with van der Waals surface area (Å²) in [6.45, 7) is 5.37. The summed E-state index contributed by atoms with van der Waals surface area (Å²) < 4.78 is 0. The van der Waals surface area contributed by atoms with E-state index >= 15 is 0 Å². The number of carbonyl (C=O) groups excluding carboxylic acids is 1. The van der Waals surface area contributed by atoms with Crippen molar-refractivity contribution in [3.05, 3.63) is 46.3 Å². The van der Waals surface area contributed by atoms with Crippen molar-refractivity contribution in [2.75, 3.05) is 31.1 Å². The van der Waals surface area contributed by atoms with Gasteiger partial charge < -0.3 is 9.80 Å². The highest BCUT2D eigenvalue weighted by atomic mass is 32.1. The van der Waals surface area contributed by atoms with E-state index in [-0.39, 0.29) is 5.91 Å². The molecule has 3 rings (SSSR count). The van der Waals surface area contributed by atoms with Crippen LogP contribution in [0.15, 0.2) is 35.8 Å². The predicted molar refractivity (Wildman–Crippen MR) is 90.7 cm³/mol. The maximum Gasteiger partial charge on any atom is 0.254 e. The first-order valence-corrected chi connectivity index (χ1v) is 8.68. The molecule has 0 aromatic carbocycles. The maximum absolute atomic E-state index is 12.6. The fraction of sp³-hybridized carbons (Fsp3) is 0.412. The first kappa shape index (κ1) is 15.0. The van der Waals surface area contributed by atoms with Crippen LogP contribution in [-0.2, 0) is 6.42 Å². The SMILES string of the molecule is CCCc1cc(C(=O)N2CCN(c3ccccn3)CC2)cs1. The molecule has 0 aliphatic carbocycles. The number of amides is 1. The molecule has 0 bridgehead atoms. The van der Waals surface area contributed by atoms with Gasteiger partial charge in [0, 0.05) is 42.6 Å². The van der Waals surface area contributed by atoms with Crippen molar-refractivity contribution in [1.82, 2.24) is 9.88 Å². The molecule has 2 aromatic rings. The van der Waals surface area contributed by atoms with Gasteiger partial charge in [0.25, 0.3) is 5.91 Å². The second kappa shape index (κ2) is 6.92. The number of thiophene rings is 1. The Hall–Kier alpha value is -1.88. The summed E-state index contributed by atoms with van der Waals surface area (Å²) in [5.41, 5.74) is 0.847. The molecule has 4 nitrogen and oxygen atoms in total. The van der Waals surface area contributed by atoms with Crippen molar-refractivity contribution in [1.29, 1.82) is 0 Å². The van der Waals surface area contributed by atoms with Gasteiger partial charge in [-0.25, -0.2) is 4.98 Å². The fourth-order valence-electron chi connectivity index (χ4n) is 2.73. The van der Waals surface area contributed by atoms with Crippen LogP contribution in [0.3, 0.4) is 0 Å². The highest BCUT2D eigenvalue weighted by Gasteiger charge is 2.23. The first-order chi connectivity index (χ1) is 10.8. The van der Waals surface area contributed by atoms with E-state index in [1.807, 2.05) is 34.7 Å². The van der Waals surface area contributed by atoms with E-state index in [9.17, 15) is 4.79 Å². The number of anilines is 1. The van der Waals surface area contributed by atoms with Crippen LogP contribution in [0, 0.1) is 0 Å². The third kappa shape index (κ3) is 3.30. The third-order valence-corrected chi connectivity index (χ3v) is 4.93. The number of hydrogen-bond donors (Lipinski definition) is 0. The minimum Gasteiger partial charge on any atom is -0.353 e. The van der Waals surface area contributed by atoms with Crippen LogP contribution in [-0.4, -0.2) is 42.0 Å². The molecule has 1 aliphatic rings. The summed E-state index contributed by atoms with van der Waals surface area (Å²) >= 11 is 1.70. The van der Waals surface area contributed by atoms with Gasteiger partial charge in [0.2, 0.25) is 0 Å². The number of piperazine rings is 1. The number of aryl methyl sites for hydroxylation is 1. The summed E-state index contributed by atoms with van der Waals surface area (Å²) in [6, 6.07) is 8.00. The molecule has 22 heavy (non-hydrogen) atoms. The zero-order chi connectivity index (χ0) is 15.4. The van der Waals surface area contributed by atoms with Gasteiger partial charge in [-0.3, -0.25) is 4.79 Å². The molecular weight excluding hydrogens is 294 g/mol. The molecule has 1 amide bonds. The highest BCUT2D eigenvalue weighted by Crippen LogP contribution is 2.19. The van der Waals surface area contributed by atoms with E-state index in [0.717, 1.165) is 50.4 Å². The molecule has 0 atom stereocenters. The van der Waals surface area contributed by atoms with Crippen molar-refractivity contribution < 1.29 is 4.79 Å². The van der Waals surface area contributed by atoms with E-state index in [0.29, 0.717) is 0 Å². The molecule has 116 valence electrons. The van der Waals surface area contributed by atoms with Crippen molar-refractivity contribution in [3.63, 3.8) is 0 Å². The molecule has 3 heterocycles. The zero-order valence-corrected chi connectivity index (χ0v) is 13.7. The van der Waals surface area contributed by atoms with Gasteiger partial charge in [0.05, 0.1) is 5.56 Å². The Bertz CT molecular complexity index is 618. The van der Waals surface area contributed by atoms with Crippen molar-refractivity contribution >= 4 is 23.1 Å². The molecule has 0 spiro atoms. The summed E-state index contributed by atoms with van der Waals surface area (Å²) in [5.74, 6) is 1.16. The number of hydrogen-bond acceptors (Lipinski definition) is 4. The average Bonchev–Trinajstić information content (AvgIpc) is 3.04. The Morgan fingerprint density at radius 1 is 1.27 bits per heavy atom. The second-order valence-electron chi connectivity index (χ2n) is 5.52. The van der Waals surface area contributed by atoms with Gasteiger partial charge in [-0.1, -0.05) is 19.4 Å². The fourth-order valence-corrected chi connectivity index (χ4v) is 3.70. The van der Waals surface area contributed by atoms with Crippen LogP contribution in [0.25, 0.3) is 0 Å². The molecule has 0 unspecified atom stereocenters. The van der Waals surface area contributed by atoms with Gasteiger partial charge in [0.15, 0.2) is 0 Å². The van der Waals surface area contributed by atoms with Crippen LogP contribution in [0.4, 0.5) is 5.82 Å². The Morgan fingerprint density at radius 3 is 2.77 bits per heavy atom. The smallest absolute Gasteiger partial charge is 0.254 e. The predicted octanol–water partition coefficient (Wildman–Crippen LogP) is 3.06. The van der Waals surface area contributed by atoms with E-state index in [1.54, 1.807) is 11.3 Å².